The highest BCUT2D eigenvalue weighted by Crippen LogP contribution is 2.39. The highest BCUT2D eigenvalue weighted by Gasteiger charge is 2.35. The van der Waals surface area contributed by atoms with Gasteiger partial charge in [0, 0.05) is 12.4 Å². The predicted molar refractivity (Wildman–Crippen MR) is 125 cm³/mol. The SMILES string of the molecule is Fc1ccc(-c2cnc(Nc3cc(CCCC4CCC[C@@H]5CNC[C@H]45)ccn3)s2)cc1. The maximum Gasteiger partial charge on any atom is 0.188 e. The van der Waals surface area contributed by atoms with E-state index in [2.05, 4.69) is 32.7 Å². The molecule has 3 heterocycles. The molecule has 3 aromatic rings. The maximum atomic E-state index is 13.1. The van der Waals surface area contributed by atoms with Crippen LogP contribution in [-0.2, 0) is 6.42 Å². The summed E-state index contributed by atoms with van der Waals surface area (Å²) in [6, 6.07) is 10.8. The normalized spacial score (nSPS) is 22.9. The van der Waals surface area contributed by atoms with E-state index in [-0.39, 0.29) is 5.82 Å². The van der Waals surface area contributed by atoms with E-state index in [9.17, 15) is 4.39 Å². The molecule has 1 aliphatic carbocycles. The van der Waals surface area contributed by atoms with E-state index in [0.717, 1.165) is 45.6 Å². The van der Waals surface area contributed by atoms with Crippen LogP contribution in [0, 0.1) is 23.6 Å². The van der Waals surface area contributed by atoms with E-state index in [1.165, 1.54) is 62.9 Å². The number of anilines is 2. The first-order chi connectivity index (χ1) is 15.2. The Labute approximate surface area is 187 Å². The molecular weight excluding hydrogens is 407 g/mol. The molecule has 5 rings (SSSR count). The molecule has 1 aliphatic heterocycles. The second-order valence-corrected chi connectivity index (χ2v) is 9.91. The van der Waals surface area contributed by atoms with E-state index < -0.39 is 0 Å². The highest BCUT2D eigenvalue weighted by atomic mass is 32.1. The molecule has 1 aromatic carbocycles. The standard InChI is InChI=1S/C25H29FN4S/c26-21-9-7-19(8-10-21)23-16-29-25(31-23)30-24-13-17(11-12-28-24)3-1-4-18-5-2-6-20-14-27-15-22(18)20/h7-13,16,18,20,22,27H,1-6,14-15H2,(H,28,29,30)/t18?,20-,22-/m1/s1. The largest absolute Gasteiger partial charge is 0.316 e. The smallest absolute Gasteiger partial charge is 0.188 e. The maximum absolute atomic E-state index is 13.1. The van der Waals surface area contributed by atoms with E-state index in [4.69, 9.17) is 0 Å². The summed E-state index contributed by atoms with van der Waals surface area (Å²) in [6.07, 6.45) is 11.6. The molecule has 4 nitrogen and oxygen atoms in total. The number of hydrogen-bond acceptors (Lipinski definition) is 5. The average Bonchev–Trinajstić information content (AvgIpc) is 3.45. The zero-order valence-corrected chi connectivity index (χ0v) is 18.5. The Morgan fingerprint density at radius 3 is 2.90 bits per heavy atom. The van der Waals surface area contributed by atoms with Gasteiger partial charge >= 0.3 is 0 Å². The van der Waals surface area contributed by atoms with Crippen LogP contribution in [0.2, 0.25) is 0 Å². The Morgan fingerprint density at radius 1 is 1.10 bits per heavy atom. The second kappa shape index (κ2) is 9.45. The molecule has 0 bridgehead atoms. The Kier molecular flexibility index (Phi) is 6.27. The number of nitrogens with one attached hydrogen (secondary N) is 2. The summed E-state index contributed by atoms with van der Waals surface area (Å²) in [4.78, 5) is 9.93. The van der Waals surface area contributed by atoms with Crippen molar-refractivity contribution in [3.8, 4) is 10.4 Å². The summed E-state index contributed by atoms with van der Waals surface area (Å²) >= 11 is 1.55. The number of aromatic nitrogens is 2. The van der Waals surface area contributed by atoms with Crippen molar-refractivity contribution in [3.63, 3.8) is 0 Å². The van der Waals surface area contributed by atoms with Crippen molar-refractivity contribution in [2.24, 2.45) is 17.8 Å². The summed E-state index contributed by atoms with van der Waals surface area (Å²) in [5.41, 5.74) is 2.29. The predicted octanol–water partition coefficient (Wildman–Crippen LogP) is 6.05. The second-order valence-electron chi connectivity index (χ2n) is 8.88. The number of rotatable bonds is 7. The van der Waals surface area contributed by atoms with Gasteiger partial charge in [0.2, 0.25) is 0 Å². The van der Waals surface area contributed by atoms with E-state index in [1.54, 1.807) is 23.5 Å². The lowest BCUT2D eigenvalue weighted by molar-refractivity contribution is 0.186. The zero-order chi connectivity index (χ0) is 21.0. The van der Waals surface area contributed by atoms with Gasteiger partial charge in [0.05, 0.1) is 4.88 Å². The molecule has 0 radical (unpaired) electrons. The van der Waals surface area contributed by atoms with Crippen LogP contribution in [0.4, 0.5) is 15.3 Å². The van der Waals surface area contributed by atoms with Gasteiger partial charge in [-0.05, 0) is 91.9 Å². The number of hydrogen-bond donors (Lipinski definition) is 2. The van der Waals surface area contributed by atoms with Crippen LogP contribution in [0.1, 0.15) is 37.7 Å². The Balaban J connectivity index is 1.16. The first-order valence-electron chi connectivity index (χ1n) is 11.4. The first-order valence-corrected chi connectivity index (χ1v) is 12.2. The number of benzene rings is 1. The van der Waals surface area contributed by atoms with Crippen LogP contribution in [0.5, 0.6) is 0 Å². The van der Waals surface area contributed by atoms with Crippen LogP contribution in [0.3, 0.4) is 0 Å². The number of halogens is 1. The van der Waals surface area contributed by atoms with Gasteiger partial charge < -0.3 is 10.6 Å². The number of nitrogens with zero attached hydrogens (tertiary/aromatic N) is 2. The molecule has 162 valence electrons. The zero-order valence-electron chi connectivity index (χ0n) is 17.7. The molecule has 6 heteroatoms. The van der Waals surface area contributed by atoms with Crippen molar-refractivity contribution < 1.29 is 4.39 Å². The van der Waals surface area contributed by atoms with Gasteiger partial charge in [0.15, 0.2) is 5.13 Å². The van der Waals surface area contributed by atoms with Crippen LogP contribution < -0.4 is 10.6 Å². The van der Waals surface area contributed by atoms with Gasteiger partial charge in [-0.3, -0.25) is 0 Å². The van der Waals surface area contributed by atoms with Crippen molar-refractivity contribution in [2.75, 3.05) is 18.4 Å². The van der Waals surface area contributed by atoms with Gasteiger partial charge in [-0.25, -0.2) is 14.4 Å². The minimum atomic E-state index is -0.226. The van der Waals surface area contributed by atoms with Gasteiger partial charge in [-0.2, -0.15) is 0 Å². The molecule has 0 spiro atoms. The van der Waals surface area contributed by atoms with Crippen molar-refractivity contribution in [1.82, 2.24) is 15.3 Å². The van der Waals surface area contributed by atoms with Gasteiger partial charge in [0.25, 0.3) is 0 Å². The molecule has 2 aromatic heterocycles. The number of fused-ring (bicyclic) bond motifs is 1. The topological polar surface area (TPSA) is 49.8 Å². The molecule has 1 unspecified atom stereocenters. The van der Waals surface area contributed by atoms with Crippen molar-refractivity contribution in [3.05, 3.63) is 60.2 Å². The Bertz CT molecular complexity index is 1000. The summed E-state index contributed by atoms with van der Waals surface area (Å²) in [5.74, 6) is 3.33. The molecular formula is C25H29FN4S. The summed E-state index contributed by atoms with van der Waals surface area (Å²) < 4.78 is 13.1. The molecule has 0 amide bonds. The van der Waals surface area contributed by atoms with Gasteiger partial charge in [0.1, 0.15) is 11.6 Å². The summed E-state index contributed by atoms with van der Waals surface area (Å²) in [6.45, 7) is 2.46. The molecule has 2 N–H and O–H groups in total. The number of pyridine rings is 1. The summed E-state index contributed by atoms with van der Waals surface area (Å²) in [5, 5.41) is 7.74. The van der Waals surface area contributed by atoms with Crippen LogP contribution >= 0.6 is 11.3 Å². The fourth-order valence-electron chi connectivity index (χ4n) is 5.29. The molecule has 1 saturated heterocycles. The Morgan fingerprint density at radius 2 is 2.00 bits per heavy atom. The minimum Gasteiger partial charge on any atom is -0.316 e. The Hall–Kier alpha value is -2.31. The average molecular weight is 437 g/mol. The van der Waals surface area contributed by atoms with E-state index in [0.29, 0.717) is 0 Å². The molecule has 2 aliphatic rings. The van der Waals surface area contributed by atoms with Crippen LogP contribution in [-0.4, -0.2) is 23.1 Å². The third kappa shape index (κ3) is 4.96. The lowest BCUT2D eigenvalue weighted by Crippen LogP contribution is -2.27. The highest BCUT2D eigenvalue weighted by molar-refractivity contribution is 7.18. The third-order valence-corrected chi connectivity index (χ3v) is 7.84. The van der Waals surface area contributed by atoms with Gasteiger partial charge in [-0.15, -0.1) is 0 Å². The minimum absolute atomic E-state index is 0.226. The van der Waals surface area contributed by atoms with Crippen molar-refractivity contribution >= 4 is 22.3 Å². The quantitative estimate of drug-likeness (QED) is 0.474. The van der Waals surface area contributed by atoms with Crippen LogP contribution in [0.25, 0.3) is 10.4 Å². The fourth-order valence-corrected chi connectivity index (χ4v) is 6.12. The van der Waals surface area contributed by atoms with Crippen LogP contribution in [0.15, 0.2) is 48.8 Å². The molecule has 2 fully saturated rings. The molecule has 1 saturated carbocycles. The summed E-state index contributed by atoms with van der Waals surface area (Å²) in [7, 11) is 0. The lowest BCUT2D eigenvalue weighted by Gasteiger charge is -2.33. The van der Waals surface area contributed by atoms with E-state index >= 15 is 0 Å². The number of thiazole rings is 1. The fraction of sp³-hybridized carbons (Fsp3) is 0.440. The van der Waals surface area contributed by atoms with Crippen molar-refractivity contribution in [2.45, 2.75) is 38.5 Å². The van der Waals surface area contributed by atoms with Gasteiger partial charge in [-0.1, -0.05) is 36.3 Å². The lowest BCUT2D eigenvalue weighted by atomic mass is 9.72. The van der Waals surface area contributed by atoms with E-state index in [1.807, 2.05) is 12.4 Å². The molecule has 3 atom stereocenters. The first kappa shape index (κ1) is 20.6. The monoisotopic (exact) mass is 436 g/mol. The third-order valence-electron chi connectivity index (χ3n) is 6.88. The molecule has 31 heavy (non-hydrogen) atoms. The number of aryl methyl sites for hydroxylation is 1. The van der Waals surface area contributed by atoms with Crippen molar-refractivity contribution in [1.29, 1.82) is 0 Å².